The van der Waals surface area contributed by atoms with Crippen LogP contribution in [0, 0.1) is 0 Å². The number of anilines is 1. The van der Waals surface area contributed by atoms with Gasteiger partial charge in [0.15, 0.2) is 18.2 Å². The Morgan fingerprint density at radius 1 is 0.966 bits per heavy atom. The van der Waals surface area contributed by atoms with Crippen molar-refractivity contribution in [2.75, 3.05) is 11.9 Å². The third kappa shape index (κ3) is 3.40. The molecule has 0 aromatic heterocycles. The average molecular weight is 392 g/mol. The van der Waals surface area contributed by atoms with Crippen LogP contribution >= 0.6 is 0 Å². The molecule has 0 unspecified atom stereocenters. The molecule has 1 saturated heterocycles. The number of carbonyl (C=O) groups is 5. The monoisotopic (exact) mass is 392 g/mol. The number of fused-ring (bicyclic) bond motifs is 2. The molecule has 2 aliphatic rings. The number of hydrogen-bond donors (Lipinski definition) is 2. The molecule has 0 radical (unpaired) electrons. The molecule has 1 atom stereocenters. The quantitative estimate of drug-likeness (QED) is 0.645. The Morgan fingerprint density at radius 2 is 1.66 bits per heavy atom. The number of carbonyl (C=O) groups excluding carboxylic acids is 5. The molecule has 0 bridgehead atoms. The molecule has 0 spiro atoms. The van der Waals surface area contributed by atoms with Crippen LogP contribution < -0.4 is 10.6 Å². The summed E-state index contributed by atoms with van der Waals surface area (Å²) in [7, 11) is 0. The van der Waals surface area contributed by atoms with Crippen molar-refractivity contribution in [3.05, 3.63) is 64.7 Å². The number of benzene rings is 2. The van der Waals surface area contributed by atoms with E-state index in [1.54, 1.807) is 30.3 Å². The molecular weight excluding hydrogens is 376 g/mol. The summed E-state index contributed by atoms with van der Waals surface area (Å²) in [5.41, 5.74) is 1.08. The maximum Gasteiger partial charge on any atom is 0.329 e. The number of amides is 2. The molecule has 8 heteroatoms. The van der Waals surface area contributed by atoms with Crippen molar-refractivity contribution in [1.82, 2.24) is 5.32 Å². The number of nitrogens with one attached hydrogen (secondary N) is 2. The Bertz CT molecular complexity index is 1070. The molecule has 1 aliphatic heterocycles. The maximum atomic E-state index is 12.9. The predicted molar refractivity (Wildman–Crippen MR) is 101 cm³/mol. The Morgan fingerprint density at radius 3 is 2.34 bits per heavy atom. The topological polar surface area (TPSA) is 119 Å². The molecule has 4 rings (SSSR count). The molecule has 2 N–H and O–H groups in total. The van der Waals surface area contributed by atoms with Gasteiger partial charge >= 0.3 is 5.97 Å². The van der Waals surface area contributed by atoms with Gasteiger partial charge in [-0.25, -0.2) is 4.79 Å². The van der Waals surface area contributed by atoms with Gasteiger partial charge in [0.25, 0.3) is 5.91 Å². The molecule has 2 amide bonds. The van der Waals surface area contributed by atoms with E-state index in [2.05, 4.69) is 10.6 Å². The normalized spacial score (nSPS) is 17.2. The standard InChI is InChI=1S/C21H16N2O6/c24-16-9-8-15(23-16)21(28)29-10-17(25)22-14-7-3-6-13-18(14)20(27)12-5-2-1-4-11(12)19(13)26/h1-7,15H,8-10H2,(H,22,25)(H,23,24)/t15-/m1/s1. The summed E-state index contributed by atoms with van der Waals surface area (Å²) in [6.45, 7) is -0.576. The Balaban J connectivity index is 1.50. The number of ketones is 2. The highest BCUT2D eigenvalue weighted by molar-refractivity contribution is 6.30. The lowest BCUT2D eigenvalue weighted by Gasteiger charge is -2.20. The fraction of sp³-hybridized carbons (Fsp3) is 0.190. The molecule has 8 nitrogen and oxygen atoms in total. The molecule has 146 valence electrons. The smallest absolute Gasteiger partial charge is 0.329 e. The number of hydrogen-bond acceptors (Lipinski definition) is 6. The van der Waals surface area contributed by atoms with E-state index in [4.69, 9.17) is 4.74 Å². The van der Waals surface area contributed by atoms with E-state index in [1.165, 1.54) is 12.1 Å². The second-order valence-corrected chi connectivity index (χ2v) is 6.75. The first-order chi connectivity index (χ1) is 14.0. The average Bonchev–Trinajstić information content (AvgIpc) is 3.16. The summed E-state index contributed by atoms with van der Waals surface area (Å²) in [6.07, 6.45) is 0.557. The summed E-state index contributed by atoms with van der Waals surface area (Å²) < 4.78 is 4.94. The molecule has 1 heterocycles. The van der Waals surface area contributed by atoms with E-state index in [1.807, 2.05) is 0 Å². The molecule has 2 aromatic rings. The number of esters is 1. The zero-order valence-corrected chi connectivity index (χ0v) is 15.2. The summed E-state index contributed by atoms with van der Waals surface area (Å²) in [6, 6.07) is 10.3. The van der Waals surface area contributed by atoms with Crippen LogP contribution in [0.4, 0.5) is 5.69 Å². The molecule has 0 saturated carbocycles. The van der Waals surface area contributed by atoms with Gasteiger partial charge in [-0.15, -0.1) is 0 Å². The highest BCUT2D eigenvalue weighted by Gasteiger charge is 2.32. The summed E-state index contributed by atoms with van der Waals surface area (Å²) in [4.78, 5) is 60.9. The number of ether oxygens (including phenoxy) is 1. The van der Waals surface area contributed by atoms with Gasteiger partial charge in [-0.1, -0.05) is 36.4 Å². The fourth-order valence-electron chi connectivity index (χ4n) is 3.46. The van der Waals surface area contributed by atoms with E-state index in [9.17, 15) is 24.0 Å². The van der Waals surface area contributed by atoms with Crippen LogP contribution in [0.15, 0.2) is 42.5 Å². The minimum Gasteiger partial charge on any atom is -0.454 e. The number of rotatable bonds is 4. The lowest BCUT2D eigenvalue weighted by Crippen LogP contribution is -2.36. The van der Waals surface area contributed by atoms with Gasteiger partial charge in [0, 0.05) is 23.1 Å². The van der Waals surface area contributed by atoms with Crippen LogP contribution in [0.25, 0.3) is 0 Å². The van der Waals surface area contributed by atoms with E-state index < -0.39 is 24.5 Å². The van der Waals surface area contributed by atoms with Gasteiger partial charge in [-0.3, -0.25) is 19.2 Å². The minimum absolute atomic E-state index is 0.110. The van der Waals surface area contributed by atoms with E-state index in [0.29, 0.717) is 12.0 Å². The molecule has 1 fully saturated rings. The van der Waals surface area contributed by atoms with E-state index in [-0.39, 0.29) is 46.3 Å². The Kier molecular flexibility index (Phi) is 4.67. The molecule has 29 heavy (non-hydrogen) atoms. The van der Waals surface area contributed by atoms with Crippen LogP contribution in [0.3, 0.4) is 0 Å². The second-order valence-electron chi connectivity index (χ2n) is 6.75. The third-order valence-corrected chi connectivity index (χ3v) is 4.85. The largest absolute Gasteiger partial charge is 0.454 e. The van der Waals surface area contributed by atoms with Gasteiger partial charge in [-0.05, 0) is 12.5 Å². The van der Waals surface area contributed by atoms with Crippen LogP contribution in [0.2, 0.25) is 0 Å². The fourth-order valence-corrected chi connectivity index (χ4v) is 3.46. The van der Waals surface area contributed by atoms with Crippen molar-refractivity contribution in [3.8, 4) is 0 Å². The van der Waals surface area contributed by atoms with E-state index in [0.717, 1.165) is 0 Å². The Labute approximate surface area is 165 Å². The lowest BCUT2D eigenvalue weighted by molar-refractivity contribution is -0.149. The van der Waals surface area contributed by atoms with Crippen LogP contribution in [-0.4, -0.2) is 42.0 Å². The van der Waals surface area contributed by atoms with Gasteiger partial charge in [-0.2, -0.15) is 0 Å². The van der Waals surface area contributed by atoms with Crippen LogP contribution in [0.5, 0.6) is 0 Å². The molecular formula is C21H16N2O6. The SMILES string of the molecule is O=C(COC(=O)[C@H]1CCC(=O)N1)Nc1cccc2c1C(=O)c1ccccc1C2=O. The zero-order valence-electron chi connectivity index (χ0n) is 15.2. The first-order valence-corrected chi connectivity index (χ1v) is 9.03. The summed E-state index contributed by atoms with van der Waals surface area (Å²) in [5, 5.41) is 4.99. The minimum atomic E-state index is -0.754. The molecule has 1 aliphatic carbocycles. The lowest BCUT2D eigenvalue weighted by atomic mass is 9.83. The highest BCUT2D eigenvalue weighted by atomic mass is 16.5. The highest BCUT2D eigenvalue weighted by Crippen LogP contribution is 2.31. The van der Waals surface area contributed by atoms with Crippen molar-refractivity contribution in [3.63, 3.8) is 0 Å². The molecule has 2 aromatic carbocycles. The second kappa shape index (κ2) is 7.31. The van der Waals surface area contributed by atoms with Crippen LogP contribution in [-0.2, 0) is 19.1 Å². The maximum absolute atomic E-state index is 12.9. The van der Waals surface area contributed by atoms with Crippen molar-refractivity contribution in [2.45, 2.75) is 18.9 Å². The van der Waals surface area contributed by atoms with Gasteiger partial charge < -0.3 is 15.4 Å². The van der Waals surface area contributed by atoms with Crippen molar-refractivity contribution in [1.29, 1.82) is 0 Å². The first-order valence-electron chi connectivity index (χ1n) is 9.03. The Hall–Kier alpha value is -3.81. The van der Waals surface area contributed by atoms with Gasteiger partial charge in [0.2, 0.25) is 5.91 Å². The van der Waals surface area contributed by atoms with Crippen LogP contribution in [0.1, 0.15) is 44.7 Å². The van der Waals surface area contributed by atoms with E-state index >= 15 is 0 Å². The predicted octanol–water partition coefficient (Wildman–Crippen LogP) is 1.22. The van der Waals surface area contributed by atoms with Gasteiger partial charge in [0.1, 0.15) is 6.04 Å². The summed E-state index contributed by atoms with van der Waals surface area (Å²) in [5.74, 6) is -2.25. The summed E-state index contributed by atoms with van der Waals surface area (Å²) >= 11 is 0. The van der Waals surface area contributed by atoms with Crippen molar-refractivity contribution < 1.29 is 28.7 Å². The third-order valence-electron chi connectivity index (χ3n) is 4.85. The van der Waals surface area contributed by atoms with Crippen molar-refractivity contribution >= 4 is 35.0 Å². The van der Waals surface area contributed by atoms with Crippen molar-refractivity contribution in [2.24, 2.45) is 0 Å². The zero-order chi connectivity index (χ0) is 20.5. The van der Waals surface area contributed by atoms with Gasteiger partial charge in [0.05, 0.1) is 11.3 Å². The first kappa shape index (κ1) is 18.5.